The molecule has 7 heteroatoms. The summed E-state index contributed by atoms with van der Waals surface area (Å²) in [6.45, 7) is 5.91. The fourth-order valence-corrected chi connectivity index (χ4v) is 3.16. The minimum Gasteiger partial charge on any atom is -0.332 e. The van der Waals surface area contributed by atoms with E-state index < -0.39 is 0 Å². The minimum absolute atomic E-state index is 0.105. The Morgan fingerprint density at radius 2 is 2.21 bits per heavy atom. The summed E-state index contributed by atoms with van der Waals surface area (Å²) >= 11 is 0. The molecule has 7 nitrogen and oxygen atoms in total. The van der Waals surface area contributed by atoms with Crippen LogP contribution in [0.3, 0.4) is 0 Å². The summed E-state index contributed by atoms with van der Waals surface area (Å²) in [4.78, 5) is 26.5. The molecule has 0 saturated carbocycles. The van der Waals surface area contributed by atoms with Gasteiger partial charge in [0, 0.05) is 25.4 Å². The number of aromatic nitrogens is 4. The van der Waals surface area contributed by atoms with Gasteiger partial charge >= 0.3 is 0 Å². The Morgan fingerprint density at radius 1 is 1.38 bits per heavy atom. The first kappa shape index (κ1) is 16.4. The Morgan fingerprint density at radius 3 is 2.92 bits per heavy atom. The zero-order chi connectivity index (χ0) is 17.1. The lowest BCUT2D eigenvalue weighted by molar-refractivity contribution is 0.0712. The standard InChI is InChI=1S/C17H23N5O2/c1-3-8-22-16(23)7-6-15(19-22)17(24)21-9-4-5-14(21)12-20-11-13(2)10-18-20/h6-7,10-11,14H,3-5,8-9,12H2,1-2H3/t14-/m0/s1. The highest BCUT2D eigenvalue weighted by atomic mass is 16.2. The highest BCUT2D eigenvalue weighted by molar-refractivity contribution is 5.92. The van der Waals surface area contributed by atoms with Crippen LogP contribution >= 0.6 is 0 Å². The van der Waals surface area contributed by atoms with Crippen LogP contribution in [0.25, 0.3) is 0 Å². The molecular weight excluding hydrogens is 306 g/mol. The van der Waals surface area contributed by atoms with Crippen molar-refractivity contribution in [1.29, 1.82) is 0 Å². The Hall–Kier alpha value is -2.44. The average molecular weight is 329 g/mol. The van der Waals surface area contributed by atoms with Crippen LogP contribution in [0, 0.1) is 6.92 Å². The van der Waals surface area contributed by atoms with Gasteiger partial charge in [-0.05, 0) is 37.8 Å². The molecule has 2 aromatic rings. The molecule has 3 heterocycles. The second-order valence-corrected chi connectivity index (χ2v) is 6.31. The predicted molar refractivity (Wildman–Crippen MR) is 89.8 cm³/mol. The third-order valence-corrected chi connectivity index (χ3v) is 4.32. The van der Waals surface area contributed by atoms with Gasteiger partial charge in [0.05, 0.1) is 18.8 Å². The van der Waals surface area contributed by atoms with E-state index in [1.807, 2.05) is 35.8 Å². The van der Waals surface area contributed by atoms with Gasteiger partial charge in [0.1, 0.15) is 5.69 Å². The molecular formula is C17H23N5O2. The Bertz CT molecular complexity index is 779. The van der Waals surface area contributed by atoms with Gasteiger partial charge in [-0.3, -0.25) is 14.3 Å². The van der Waals surface area contributed by atoms with Crippen molar-refractivity contribution in [3.05, 3.63) is 46.1 Å². The minimum atomic E-state index is -0.168. The molecule has 24 heavy (non-hydrogen) atoms. The quantitative estimate of drug-likeness (QED) is 0.832. The molecule has 0 aliphatic carbocycles. The van der Waals surface area contributed by atoms with Gasteiger partial charge in [-0.25, -0.2) is 4.68 Å². The van der Waals surface area contributed by atoms with Gasteiger partial charge in [-0.2, -0.15) is 10.2 Å². The van der Waals surface area contributed by atoms with Crippen molar-refractivity contribution in [3.63, 3.8) is 0 Å². The molecule has 0 N–H and O–H groups in total. The number of hydrogen-bond donors (Lipinski definition) is 0. The molecule has 0 radical (unpaired) electrons. The summed E-state index contributed by atoms with van der Waals surface area (Å²) in [7, 11) is 0. The van der Waals surface area contributed by atoms with Gasteiger partial charge < -0.3 is 4.90 Å². The molecule has 1 aliphatic heterocycles. The van der Waals surface area contributed by atoms with Crippen molar-refractivity contribution in [2.75, 3.05) is 6.54 Å². The van der Waals surface area contributed by atoms with Crippen molar-refractivity contribution in [2.45, 2.75) is 52.2 Å². The van der Waals surface area contributed by atoms with Crippen LogP contribution in [-0.4, -0.2) is 43.0 Å². The number of aryl methyl sites for hydroxylation is 2. The van der Waals surface area contributed by atoms with E-state index in [1.165, 1.54) is 16.8 Å². The Labute approximate surface area is 140 Å². The second kappa shape index (κ2) is 6.98. The lowest BCUT2D eigenvalue weighted by Crippen LogP contribution is -2.39. The van der Waals surface area contributed by atoms with Gasteiger partial charge in [-0.15, -0.1) is 0 Å². The summed E-state index contributed by atoms with van der Waals surface area (Å²) in [5, 5.41) is 8.56. The summed E-state index contributed by atoms with van der Waals surface area (Å²) in [5.41, 5.74) is 1.28. The van der Waals surface area contributed by atoms with Gasteiger partial charge in [0.15, 0.2) is 0 Å². The third-order valence-electron chi connectivity index (χ3n) is 4.32. The van der Waals surface area contributed by atoms with E-state index in [-0.39, 0.29) is 17.5 Å². The van der Waals surface area contributed by atoms with Gasteiger partial charge in [-0.1, -0.05) is 6.92 Å². The lowest BCUT2D eigenvalue weighted by atomic mass is 10.2. The molecule has 1 amide bonds. The normalized spacial score (nSPS) is 17.4. The first-order valence-electron chi connectivity index (χ1n) is 8.46. The highest BCUT2D eigenvalue weighted by Crippen LogP contribution is 2.20. The molecule has 0 bridgehead atoms. The number of nitrogens with zero attached hydrogens (tertiary/aromatic N) is 5. The molecule has 128 valence electrons. The highest BCUT2D eigenvalue weighted by Gasteiger charge is 2.30. The van der Waals surface area contributed by atoms with Crippen LogP contribution in [0.4, 0.5) is 0 Å². The topological polar surface area (TPSA) is 73.0 Å². The van der Waals surface area contributed by atoms with Crippen molar-refractivity contribution in [2.24, 2.45) is 0 Å². The zero-order valence-corrected chi connectivity index (χ0v) is 14.2. The summed E-state index contributed by atoms with van der Waals surface area (Å²) < 4.78 is 3.26. The van der Waals surface area contributed by atoms with E-state index in [4.69, 9.17) is 0 Å². The van der Waals surface area contributed by atoms with Gasteiger partial charge in [0.25, 0.3) is 11.5 Å². The maximum Gasteiger partial charge on any atom is 0.274 e. The summed E-state index contributed by atoms with van der Waals surface area (Å²) in [6.07, 6.45) is 6.55. The van der Waals surface area contributed by atoms with E-state index in [0.717, 1.165) is 31.4 Å². The molecule has 2 aromatic heterocycles. The molecule has 0 spiro atoms. The molecule has 1 aliphatic rings. The SMILES string of the molecule is CCCn1nc(C(=O)N2CCC[C@H]2Cn2cc(C)cn2)ccc1=O. The van der Waals surface area contributed by atoms with Crippen LogP contribution < -0.4 is 5.56 Å². The second-order valence-electron chi connectivity index (χ2n) is 6.31. The maximum atomic E-state index is 12.8. The van der Waals surface area contributed by atoms with Gasteiger partial charge in [0.2, 0.25) is 0 Å². The number of carbonyl (C=O) groups excluding carboxylic acids is 1. The van der Waals surface area contributed by atoms with Crippen LogP contribution in [-0.2, 0) is 13.1 Å². The molecule has 0 aromatic carbocycles. The first-order valence-corrected chi connectivity index (χ1v) is 8.46. The summed E-state index contributed by atoms with van der Waals surface area (Å²) in [6, 6.07) is 3.08. The first-order chi connectivity index (χ1) is 11.6. The molecule has 0 unspecified atom stereocenters. The summed E-state index contributed by atoms with van der Waals surface area (Å²) in [5.74, 6) is -0.105. The number of likely N-dealkylation sites (tertiary alicyclic amines) is 1. The van der Waals surface area contributed by atoms with E-state index in [2.05, 4.69) is 10.2 Å². The van der Waals surface area contributed by atoms with Crippen molar-refractivity contribution in [3.8, 4) is 0 Å². The van der Waals surface area contributed by atoms with Crippen molar-refractivity contribution in [1.82, 2.24) is 24.5 Å². The Balaban J connectivity index is 1.78. The van der Waals surface area contributed by atoms with Crippen molar-refractivity contribution >= 4 is 5.91 Å². The van der Waals surface area contributed by atoms with E-state index in [0.29, 0.717) is 18.8 Å². The van der Waals surface area contributed by atoms with E-state index in [1.54, 1.807) is 0 Å². The van der Waals surface area contributed by atoms with Crippen LogP contribution in [0.2, 0.25) is 0 Å². The van der Waals surface area contributed by atoms with Crippen molar-refractivity contribution < 1.29 is 4.79 Å². The smallest absolute Gasteiger partial charge is 0.274 e. The number of amides is 1. The Kier molecular flexibility index (Phi) is 4.78. The monoisotopic (exact) mass is 329 g/mol. The molecule has 1 fully saturated rings. The number of rotatable bonds is 5. The van der Waals surface area contributed by atoms with E-state index >= 15 is 0 Å². The fourth-order valence-electron chi connectivity index (χ4n) is 3.16. The van der Waals surface area contributed by atoms with Crippen LogP contribution in [0.15, 0.2) is 29.3 Å². The number of hydrogen-bond acceptors (Lipinski definition) is 4. The molecule has 1 saturated heterocycles. The largest absolute Gasteiger partial charge is 0.332 e. The van der Waals surface area contributed by atoms with Crippen LogP contribution in [0.5, 0.6) is 0 Å². The molecule has 3 rings (SSSR count). The molecule has 1 atom stereocenters. The predicted octanol–water partition coefficient (Wildman–Crippen LogP) is 1.46. The lowest BCUT2D eigenvalue weighted by Gasteiger charge is -2.24. The maximum absolute atomic E-state index is 12.8. The fraction of sp³-hybridized carbons (Fsp3) is 0.529. The van der Waals surface area contributed by atoms with E-state index in [9.17, 15) is 9.59 Å². The number of carbonyl (C=O) groups is 1. The third kappa shape index (κ3) is 3.39. The zero-order valence-electron chi connectivity index (χ0n) is 14.2. The average Bonchev–Trinajstić information content (AvgIpc) is 3.18. The van der Waals surface area contributed by atoms with Crippen LogP contribution in [0.1, 0.15) is 42.2 Å².